The Morgan fingerprint density at radius 3 is 2.61 bits per heavy atom. The maximum absolute atomic E-state index is 13.3. The lowest BCUT2D eigenvalue weighted by Gasteiger charge is -2.19. The molecule has 1 fully saturated rings. The van der Waals surface area contributed by atoms with E-state index in [1.54, 1.807) is 0 Å². The number of carbonyl (C=O) groups is 1. The average Bonchev–Trinajstić information content (AvgIpc) is 3.10. The van der Waals surface area contributed by atoms with E-state index in [1.807, 2.05) is 0 Å². The fourth-order valence-corrected chi connectivity index (χ4v) is 2.57. The average molecular weight is 327 g/mol. The first-order chi connectivity index (χ1) is 10.9. The van der Waals surface area contributed by atoms with E-state index in [9.17, 15) is 23.1 Å². The molecule has 2 atom stereocenters. The van der Waals surface area contributed by atoms with Gasteiger partial charge < -0.3 is 14.5 Å². The molecule has 2 heterocycles. The van der Waals surface area contributed by atoms with Crippen LogP contribution < -0.4 is 0 Å². The number of carbonyl (C=O) groups excluding carboxylic acids is 1. The molecule has 1 aromatic heterocycles. The SMILES string of the molecule is CC(=O)N1C[C@H](O)C[C@@H]1c1nc(-c2cc(F)c(F)c(F)c2)no1. The van der Waals surface area contributed by atoms with Gasteiger partial charge in [0.15, 0.2) is 17.5 Å². The van der Waals surface area contributed by atoms with Crippen molar-refractivity contribution >= 4 is 5.91 Å². The summed E-state index contributed by atoms with van der Waals surface area (Å²) in [5, 5.41) is 13.3. The van der Waals surface area contributed by atoms with Crippen molar-refractivity contribution in [3.63, 3.8) is 0 Å². The Kier molecular flexibility index (Phi) is 3.80. The van der Waals surface area contributed by atoms with Crippen LogP contribution in [0.25, 0.3) is 11.4 Å². The quantitative estimate of drug-likeness (QED) is 0.851. The molecule has 1 aliphatic heterocycles. The summed E-state index contributed by atoms with van der Waals surface area (Å²) in [6.45, 7) is 1.48. The molecular formula is C14H12F3N3O3. The van der Waals surface area contributed by atoms with E-state index in [0.717, 1.165) is 12.1 Å². The number of amides is 1. The molecule has 2 aromatic rings. The topological polar surface area (TPSA) is 79.5 Å². The highest BCUT2D eigenvalue weighted by atomic mass is 19.2. The number of β-amino-alcohol motifs (C(OH)–C–C–N with tert-alkyl or cyclic N) is 1. The number of rotatable bonds is 2. The second-order valence-corrected chi connectivity index (χ2v) is 5.29. The summed E-state index contributed by atoms with van der Waals surface area (Å²) in [7, 11) is 0. The third-order valence-electron chi connectivity index (χ3n) is 3.65. The van der Waals surface area contributed by atoms with E-state index in [0.29, 0.717) is 0 Å². The lowest BCUT2D eigenvalue weighted by atomic mass is 10.2. The second kappa shape index (κ2) is 5.65. The predicted octanol–water partition coefficient (Wildman–Crippen LogP) is 1.81. The van der Waals surface area contributed by atoms with Gasteiger partial charge in [0.1, 0.15) is 6.04 Å². The molecule has 122 valence electrons. The van der Waals surface area contributed by atoms with E-state index >= 15 is 0 Å². The van der Waals surface area contributed by atoms with Crippen LogP contribution in [0.3, 0.4) is 0 Å². The molecule has 0 radical (unpaired) electrons. The van der Waals surface area contributed by atoms with Crippen molar-refractivity contribution in [2.75, 3.05) is 6.54 Å². The van der Waals surface area contributed by atoms with Crippen LogP contribution in [0.2, 0.25) is 0 Å². The summed E-state index contributed by atoms with van der Waals surface area (Å²) in [5.74, 6) is -4.69. The Hall–Kier alpha value is -2.42. The molecule has 6 nitrogen and oxygen atoms in total. The van der Waals surface area contributed by atoms with Gasteiger partial charge in [-0.2, -0.15) is 4.98 Å². The van der Waals surface area contributed by atoms with Crippen LogP contribution in [0.5, 0.6) is 0 Å². The van der Waals surface area contributed by atoms with E-state index < -0.39 is 29.6 Å². The first kappa shape index (κ1) is 15.5. The highest BCUT2D eigenvalue weighted by Gasteiger charge is 2.37. The number of aliphatic hydroxyl groups excluding tert-OH is 1. The highest BCUT2D eigenvalue weighted by Crippen LogP contribution is 2.32. The van der Waals surface area contributed by atoms with Gasteiger partial charge >= 0.3 is 0 Å². The number of halogens is 3. The Morgan fingerprint density at radius 1 is 1.35 bits per heavy atom. The fraction of sp³-hybridized carbons (Fsp3) is 0.357. The minimum Gasteiger partial charge on any atom is -0.391 e. The van der Waals surface area contributed by atoms with Crippen LogP contribution >= 0.6 is 0 Å². The number of aromatic nitrogens is 2. The first-order valence-corrected chi connectivity index (χ1v) is 6.80. The molecule has 1 saturated heterocycles. The van der Waals surface area contributed by atoms with Crippen molar-refractivity contribution in [2.45, 2.75) is 25.5 Å². The Morgan fingerprint density at radius 2 is 2.00 bits per heavy atom. The zero-order chi connectivity index (χ0) is 16.7. The second-order valence-electron chi connectivity index (χ2n) is 5.29. The molecule has 23 heavy (non-hydrogen) atoms. The van der Waals surface area contributed by atoms with Gasteiger partial charge in [-0.05, 0) is 12.1 Å². The van der Waals surface area contributed by atoms with E-state index in [2.05, 4.69) is 10.1 Å². The number of benzene rings is 1. The lowest BCUT2D eigenvalue weighted by Crippen LogP contribution is -2.29. The minimum atomic E-state index is -1.58. The Balaban J connectivity index is 1.93. The number of hydrogen-bond acceptors (Lipinski definition) is 5. The Labute approximate surface area is 128 Å². The van der Waals surface area contributed by atoms with Crippen molar-refractivity contribution in [2.24, 2.45) is 0 Å². The van der Waals surface area contributed by atoms with Gasteiger partial charge in [-0.25, -0.2) is 13.2 Å². The van der Waals surface area contributed by atoms with Gasteiger partial charge in [0.05, 0.1) is 6.10 Å². The van der Waals surface area contributed by atoms with Crippen LogP contribution in [-0.2, 0) is 4.79 Å². The van der Waals surface area contributed by atoms with Gasteiger partial charge in [0.25, 0.3) is 0 Å². The Bertz CT molecular complexity index is 742. The van der Waals surface area contributed by atoms with Crippen LogP contribution in [-0.4, -0.2) is 38.7 Å². The number of aliphatic hydroxyl groups is 1. The summed E-state index contributed by atoms with van der Waals surface area (Å²) in [6.07, 6.45) is -0.507. The molecule has 1 amide bonds. The van der Waals surface area contributed by atoms with Crippen LogP contribution in [0.4, 0.5) is 13.2 Å². The third-order valence-corrected chi connectivity index (χ3v) is 3.65. The van der Waals surface area contributed by atoms with Crippen molar-refractivity contribution in [3.8, 4) is 11.4 Å². The molecule has 1 aromatic carbocycles. The van der Waals surface area contributed by atoms with Crippen molar-refractivity contribution in [3.05, 3.63) is 35.5 Å². The molecule has 0 spiro atoms. The van der Waals surface area contributed by atoms with Gasteiger partial charge in [0.2, 0.25) is 17.6 Å². The predicted molar refractivity (Wildman–Crippen MR) is 70.4 cm³/mol. The molecule has 3 rings (SSSR count). The molecule has 0 bridgehead atoms. The number of nitrogens with zero attached hydrogens (tertiary/aromatic N) is 3. The highest BCUT2D eigenvalue weighted by molar-refractivity contribution is 5.74. The van der Waals surface area contributed by atoms with Gasteiger partial charge in [0, 0.05) is 25.5 Å². The molecule has 0 unspecified atom stereocenters. The van der Waals surface area contributed by atoms with E-state index in [1.165, 1.54) is 11.8 Å². The van der Waals surface area contributed by atoms with Crippen molar-refractivity contribution < 1.29 is 27.6 Å². The van der Waals surface area contributed by atoms with E-state index in [4.69, 9.17) is 4.52 Å². The van der Waals surface area contributed by atoms with E-state index in [-0.39, 0.29) is 36.2 Å². The van der Waals surface area contributed by atoms with Gasteiger partial charge in [-0.3, -0.25) is 4.79 Å². The number of likely N-dealkylation sites (tertiary alicyclic amines) is 1. The van der Waals surface area contributed by atoms with Gasteiger partial charge in [-0.1, -0.05) is 5.16 Å². The van der Waals surface area contributed by atoms with Crippen LogP contribution in [0.1, 0.15) is 25.3 Å². The minimum absolute atomic E-state index is 0.0388. The molecule has 1 N–H and O–H groups in total. The smallest absolute Gasteiger partial charge is 0.249 e. The normalized spacial score (nSPS) is 21.0. The largest absolute Gasteiger partial charge is 0.391 e. The standard InChI is InChI=1S/C14H12F3N3O3/c1-6(21)20-5-8(22)4-11(20)14-18-13(19-23-14)7-2-9(15)12(17)10(16)3-7/h2-3,8,11,22H,4-5H2,1H3/t8-,11-/m1/s1. The maximum Gasteiger partial charge on any atom is 0.249 e. The number of hydrogen-bond donors (Lipinski definition) is 1. The zero-order valence-electron chi connectivity index (χ0n) is 12.0. The first-order valence-electron chi connectivity index (χ1n) is 6.80. The van der Waals surface area contributed by atoms with Crippen molar-refractivity contribution in [1.29, 1.82) is 0 Å². The molecular weight excluding hydrogens is 315 g/mol. The lowest BCUT2D eigenvalue weighted by molar-refractivity contribution is -0.130. The third kappa shape index (κ3) is 2.79. The summed E-state index contributed by atoms with van der Waals surface area (Å²) in [4.78, 5) is 16.9. The maximum atomic E-state index is 13.3. The fourth-order valence-electron chi connectivity index (χ4n) is 2.57. The molecule has 9 heteroatoms. The van der Waals surface area contributed by atoms with Crippen LogP contribution in [0, 0.1) is 17.5 Å². The summed E-state index contributed by atoms with van der Waals surface area (Å²) >= 11 is 0. The molecule has 1 aliphatic rings. The summed E-state index contributed by atoms with van der Waals surface area (Å²) in [6, 6.07) is 0.886. The van der Waals surface area contributed by atoms with Crippen molar-refractivity contribution in [1.82, 2.24) is 15.0 Å². The zero-order valence-corrected chi connectivity index (χ0v) is 12.0. The molecule has 0 saturated carbocycles. The monoisotopic (exact) mass is 327 g/mol. The van der Waals surface area contributed by atoms with Crippen LogP contribution in [0.15, 0.2) is 16.7 Å². The van der Waals surface area contributed by atoms with Gasteiger partial charge in [-0.15, -0.1) is 0 Å². The summed E-state index contributed by atoms with van der Waals surface area (Å²) in [5.41, 5.74) is -0.0932. The summed E-state index contributed by atoms with van der Waals surface area (Å²) < 4.78 is 44.5. The molecule has 0 aliphatic carbocycles.